The van der Waals surface area contributed by atoms with Crippen molar-refractivity contribution in [1.29, 1.82) is 0 Å². The molecule has 0 aromatic heterocycles. The number of hydrogen-bond acceptors (Lipinski definition) is 4. The molecule has 0 aromatic carbocycles. The average Bonchev–Trinajstić information content (AvgIpc) is 2.96. The molecule has 19 heavy (non-hydrogen) atoms. The van der Waals surface area contributed by atoms with Crippen molar-refractivity contribution in [2.45, 2.75) is 50.7 Å². The topological polar surface area (TPSA) is 66.5 Å². The number of nitrogens with one attached hydrogen (secondary N) is 1. The predicted molar refractivity (Wildman–Crippen MR) is 72.3 cm³/mol. The number of hydrogen-bond donors (Lipinski definition) is 1. The molecule has 2 heterocycles. The highest BCUT2D eigenvalue weighted by Gasteiger charge is 2.42. The van der Waals surface area contributed by atoms with Crippen LogP contribution in [-0.2, 0) is 14.6 Å². The molecular formula is C13H22N2O3S. The van der Waals surface area contributed by atoms with E-state index in [0.717, 1.165) is 19.3 Å². The zero-order valence-corrected chi connectivity index (χ0v) is 12.0. The molecule has 108 valence electrons. The van der Waals surface area contributed by atoms with Gasteiger partial charge in [-0.1, -0.05) is 12.8 Å². The highest BCUT2D eigenvalue weighted by molar-refractivity contribution is 7.91. The van der Waals surface area contributed by atoms with E-state index in [9.17, 15) is 13.2 Å². The van der Waals surface area contributed by atoms with Crippen LogP contribution in [0.1, 0.15) is 38.5 Å². The van der Waals surface area contributed by atoms with Crippen molar-refractivity contribution < 1.29 is 13.2 Å². The Morgan fingerprint density at radius 3 is 2.53 bits per heavy atom. The van der Waals surface area contributed by atoms with Crippen molar-refractivity contribution in [3.63, 3.8) is 0 Å². The Kier molecular flexibility index (Phi) is 3.55. The highest BCUT2D eigenvalue weighted by Crippen LogP contribution is 2.33. The quantitative estimate of drug-likeness (QED) is 0.803. The minimum Gasteiger partial charge on any atom is -0.322 e. The van der Waals surface area contributed by atoms with Gasteiger partial charge in [-0.25, -0.2) is 8.42 Å². The molecule has 0 spiro atoms. The lowest BCUT2D eigenvalue weighted by Gasteiger charge is -2.37. The van der Waals surface area contributed by atoms with E-state index in [4.69, 9.17) is 0 Å². The first-order valence-electron chi connectivity index (χ1n) is 7.32. The molecule has 2 atom stereocenters. The first kappa shape index (κ1) is 13.4. The Hall–Kier alpha value is -0.620. The van der Waals surface area contributed by atoms with Gasteiger partial charge in [0.2, 0.25) is 5.91 Å². The van der Waals surface area contributed by atoms with Gasteiger partial charge in [0.25, 0.3) is 0 Å². The van der Waals surface area contributed by atoms with Crippen LogP contribution in [-0.4, -0.2) is 49.5 Å². The molecule has 2 saturated heterocycles. The van der Waals surface area contributed by atoms with Gasteiger partial charge in [0.15, 0.2) is 9.84 Å². The molecule has 1 aliphatic carbocycles. The third-order valence-electron chi connectivity index (χ3n) is 4.73. The average molecular weight is 286 g/mol. The highest BCUT2D eigenvalue weighted by atomic mass is 32.2. The summed E-state index contributed by atoms with van der Waals surface area (Å²) in [5.41, 5.74) is 0. The molecule has 1 amide bonds. The summed E-state index contributed by atoms with van der Waals surface area (Å²) >= 11 is 0. The molecular weight excluding hydrogens is 264 g/mol. The smallest absolute Gasteiger partial charge is 0.238 e. The molecule has 1 saturated carbocycles. The Labute approximate surface area is 114 Å². The fourth-order valence-corrected chi connectivity index (χ4v) is 5.54. The van der Waals surface area contributed by atoms with Crippen LogP contribution < -0.4 is 5.32 Å². The van der Waals surface area contributed by atoms with E-state index in [1.807, 2.05) is 4.90 Å². The number of carbonyl (C=O) groups is 1. The fourth-order valence-electron chi connectivity index (χ4n) is 3.85. The van der Waals surface area contributed by atoms with E-state index < -0.39 is 9.84 Å². The summed E-state index contributed by atoms with van der Waals surface area (Å²) in [4.78, 5) is 14.0. The number of carbonyl (C=O) groups excluding carboxylic acids is 1. The third-order valence-corrected chi connectivity index (χ3v) is 6.53. The first-order valence-corrected chi connectivity index (χ1v) is 9.14. The van der Waals surface area contributed by atoms with E-state index in [-0.39, 0.29) is 29.6 Å². The molecule has 3 fully saturated rings. The second kappa shape index (κ2) is 5.05. The summed E-state index contributed by atoms with van der Waals surface area (Å²) in [7, 11) is -2.96. The third kappa shape index (κ3) is 2.65. The zero-order valence-electron chi connectivity index (χ0n) is 11.2. The molecule has 0 aromatic rings. The summed E-state index contributed by atoms with van der Waals surface area (Å²) in [6.45, 7) is 0.373. The Morgan fingerprint density at radius 1 is 1.11 bits per heavy atom. The normalized spacial score (nSPS) is 36.0. The van der Waals surface area contributed by atoms with Gasteiger partial charge in [0.05, 0.1) is 24.2 Å². The van der Waals surface area contributed by atoms with Crippen molar-refractivity contribution in [2.24, 2.45) is 5.92 Å². The summed E-state index contributed by atoms with van der Waals surface area (Å²) in [5, 5.41) is 3.30. The minimum atomic E-state index is -2.96. The van der Waals surface area contributed by atoms with Gasteiger partial charge < -0.3 is 4.90 Å². The van der Waals surface area contributed by atoms with Crippen LogP contribution in [0.3, 0.4) is 0 Å². The molecule has 0 bridgehead atoms. The zero-order chi connectivity index (χ0) is 13.5. The number of rotatable bonds is 2. The maximum Gasteiger partial charge on any atom is 0.238 e. The Balaban J connectivity index is 1.77. The summed E-state index contributed by atoms with van der Waals surface area (Å²) in [6.07, 6.45) is 6.36. The second-order valence-corrected chi connectivity index (χ2v) is 8.31. The van der Waals surface area contributed by atoms with Crippen molar-refractivity contribution in [2.75, 3.05) is 18.1 Å². The van der Waals surface area contributed by atoms with Crippen molar-refractivity contribution >= 4 is 15.7 Å². The Morgan fingerprint density at radius 2 is 1.84 bits per heavy atom. The second-order valence-electron chi connectivity index (χ2n) is 6.08. The monoisotopic (exact) mass is 286 g/mol. The molecule has 0 radical (unpaired) electrons. The lowest BCUT2D eigenvalue weighted by atomic mass is 10.0. The maximum absolute atomic E-state index is 12.1. The summed E-state index contributed by atoms with van der Waals surface area (Å²) < 4.78 is 23.6. The predicted octanol–water partition coefficient (Wildman–Crippen LogP) is 0.512. The minimum absolute atomic E-state index is 0.0771. The molecule has 3 aliphatic rings. The standard InChI is InChI=1S/C13H22N2O3S/c16-12-8-14-13(10-4-1-2-5-10)15(12)11-6-3-7-19(17,18)9-11/h10-11,13-14H,1-9H2. The van der Waals surface area contributed by atoms with Gasteiger partial charge in [0.1, 0.15) is 0 Å². The fraction of sp³-hybridized carbons (Fsp3) is 0.923. The van der Waals surface area contributed by atoms with Crippen LogP contribution in [0.2, 0.25) is 0 Å². The van der Waals surface area contributed by atoms with Crippen LogP contribution in [0.15, 0.2) is 0 Å². The van der Waals surface area contributed by atoms with Crippen LogP contribution in [0.4, 0.5) is 0 Å². The first-order chi connectivity index (χ1) is 9.07. The molecule has 1 N–H and O–H groups in total. The van der Waals surface area contributed by atoms with Gasteiger partial charge >= 0.3 is 0 Å². The summed E-state index contributed by atoms with van der Waals surface area (Å²) in [5.74, 6) is 1.03. The lowest BCUT2D eigenvalue weighted by Crippen LogP contribution is -2.52. The lowest BCUT2D eigenvalue weighted by molar-refractivity contribution is -0.130. The van der Waals surface area contributed by atoms with Gasteiger partial charge in [0, 0.05) is 6.04 Å². The van der Waals surface area contributed by atoms with E-state index in [1.165, 1.54) is 12.8 Å². The van der Waals surface area contributed by atoms with Gasteiger partial charge in [-0.3, -0.25) is 10.1 Å². The SMILES string of the molecule is O=C1CNC(C2CCCC2)N1C1CCCS(=O)(=O)C1. The molecule has 5 nitrogen and oxygen atoms in total. The van der Waals surface area contributed by atoms with Gasteiger partial charge in [-0.15, -0.1) is 0 Å². The largest absolute Gasteiger partial charge is 0.322 e. The van der Waals surface area contributed by atoms with E-state index >= 15 is 0 Å². The maximum atomic E-state index is 12.1. The van der Waals surface area contributed by atoms with Gasteiger partial charge in [-0.2, -0.15) is 0 Å². The van der Waals surface area contributed by atoms with Crippen molar-refractivity contribution in [3.05, 3.63) is 0 Å². The van der Waals surface area contributed by atoms with Crippen LogP contribution >= 0.6 is 0 Å². The van der Waals surface area contributed by atoms with Crippen LogP contribution in [0.5, 0.6) is 0 Å². The van der Waals surface area contributed by atoms with E-state index in [2.05, 4.69) is 5.32 Å². The van der Waals surface area contributed by atoms with Crippen molar-refractivity contribution in [3.8, 4) is 0 Å². The van der Waals surface area contributed by atoms with E-state index in [0.29, 0.717) is 18.9 Å². The van der Waals surface area contributed by atoms with Crippen LogP contribution in [0, 0.1) is 5.92 Å². The van der Waals surface area contributed by atoms with E-state index in [1.54, 1.807) is 0 Å². The molecule has 3 rings (SSSR count). The Bertz CT molecular complexity index is 457. The van der Waals surface area contributed by atoms with Crippen LogP contribution in [0.25, 0.3) is 0 Å². The van der Waals surface area contributed by atoms with Gasteiger partial charge in [-0.05, 0) is 31.6 Å². The number of amides is 1. The molecule has 2 aliphatic heterocycles. The molecule has 6 heteroatoms. The number of nitrogens with zero attached hydrogens (tertiary/aromatic N) is 1. The molecule has 2 unspecified atom stereocenters. The number of sulfone groups is 1. The van der Waals surface area contributed by atoms with Crippen molar-refractivity contribution in [1.82, 2.24) is 10.2 Å². The summed E-state index contributed by atoms with van der Waals surface area (Å²) in [6, 6.07) is -0.105.